The minimum atomic E-state index is -3.53. The number of hydrogen-bond acceptors (Lipinski definition) is 3. The lowest BCUT2D eigenvalue weighted by Crippen LogP contribution is -2.39. The van der Waals surface area contributed by atoms with Gasteiger partial charge in [0.25, 0.3) is 0 Å². The Morgan fingerprint density at radius 3 is 2.29 bits per heavy atom. The van der Waals surface area contributed by atoms with E-state index in [0.717, 1.165) is 19.3 Å². The molecule has 1 aliphatic carbocycles. The van der Waals surface area contributed by atoms with E-state index in [-0.39, 0.29) is 17.6 Å². The molecule has 0 bridgehead atoms. The lowest BCUT2D eigenvalue weighted by atomic mass is 9.76. The SMILES string of the molecule is C=CCS(=O)(=O)NC(=O)C1C[C@@H](C)C[C@@H](C)C1. The molecular weight excluding hydrogens is 238 g/mol. The van der Waals surface area contributed by atoms with Crippen molar-refractivity contribution in [3.63, 3.8) is 0 Å². The lowest BCUT2D eigenvalue weighted by molar-refractivity contribution is -0.125. The summed E-state index contributed by atoms with van der Waals surface area (Å²) in [7, 11) is -3.53. The van der Waals surface area contributed by atoms with Gasteiger partial charge in [-0.3, -0.25) is 9.52 Å². The van der Waals surface area contributed by atoms with Crippen molar-refractivity contribution >= 4 is 15.9 Å². The smallest absolute Gasteiger partial charge is 0.238 e. The van der Waals surface area contributed by atoms with Crippen LogP contribution in [0.15, 0.2) is 12.7 Å². The largest absolute Gasteiger partial charge is 0.274 e. The van der Waals surface area contributed by atoms with Crippen LogP contribution in [-0.2, 0) is 14.8 Å². The molecule has 17 heavy (non-hydrogen) atoms. The third kappa shape index (κ3) is 4.50. The van der Waals surface area contributed by atoms with Crippen LogP contribution in [0.2, 0.25) is 0 Å². The van der Waals surface area contributed by atoms with Gasteiger partial charge in [-0.25, -0.2) is 8.42 Å². The highest BCUT2D eigenvalue weighted by molar-refractivity contribution is 7.90. The molecule has 1 unspecified atom stereocenters. The van der Waals surface area contributed by atoms with Crippen molar-refractivity contribution in [2.24, 2.45) is 17.8 Å². The summed E-state index contributed by atoms with van der Waals surface area (Å²) in [6.45, 7) is 7.57. The quantitative estimate of drug-likeness (QED) is 0.781. The van der Waals surface area contributed by atoms with Gasteiger partial charge in [0, 0.05) is 5.92 Å². The standard InChI is InChI=1S/C12H21NO3S/c1-4-5-17(15,16)13-12(14)11-7-9(2)6-10(3)8-11/h4,9-11H,1,5-8H2,2-3H3,(H,13,14)/t9-,10+,11?. The van der Waals surface area contributed by atoms with E-state index >= 15 is 0 Å². The van der Waals surface area contributed by atoms with E-state index in [1.807, 2.05) is 0 Å². The number of hydrogen-bond donors (Lipinski definition) is 1. The lowest BCUT2D eigenvalue weighted by Gasteiger charge is -2.30. The van der Waals surface area contributed by atoms with Gasteiger partial charge in [0.05, 0.1) is 5.75 Å². The maximum absolute atomic E-state index is 11.9. The minimum Gasteiger partial charge on any atom is -0.274 e. The monoisotopic (exact) mass is 259 g/mol. The number of sulfonamides is 1. The number of carbonyl (C=O) groups is 1. The fourth-order valence-corrected chi connectivity index (χ4v) is 3.46. The topological polar surface area (TPSA) is 63.2 Å². The van der Waals surface area contributed by atoms with Gasteiger partial charge in [-0.2, -0.15) is 0 Å². The molecule has 0 radical (unpaired) electrons. The molecule has 1 aliphatic rings. The van der Waals surface area contributed by atoms with Crippen LogP contribution in [0, 0.1) is 17.8 Å². The van der Waals surface area contributed by atoms with Crippen LogP contribution in [-0.4, -0.2) is 20.1 Å². The zero-order chi connectivity index (χ0) is 13.1. The summed E-state index contributed by atoms with van der Waals surface area (Å²) in [6.07, 6.45) is 3.95. The van der Waals surface area contributed by atoms with Gasteiger partial charge in [0.15, 0.2) is 0 Å². The summed E-state index contributed by atoms with van der Waals surface area (Å²) < 4.78 is 25.0. The van der Waals surface area contributed by atoms with Crippen molar-refractivity contribution in [2.75, 3.05) is 5.75 Å². The fourth-order valence-electron chi connectivity index (χ4n) is 2.59. The van der Waals surface area contributed by atoms with Crippen molar-refractivity contribution in [3.8, 4) is 0 Å². The molecule has 98 valence electrons. The Morgan fingerprint density at radius 2 is 1.82 bits per heavy atom. The summed E-state index contributed by atoms with van der Waals surface area (Å²) in [4.78, 5) is 11.9. The number of rotatable bonds is 4. The molecule has 1 saturated carbocycles. The Morgan fingerprint density at radius 1 is 1.29 bits per heavy atom. The van der Waals surface area contributed by atoms with E-state index in [1.165, 1.54) is 6.08 Å². The third-order valence-electron chi connectivity index (χ3n) is 3.14. The van der Waals surface area contributed by atoms with Crippen LogP contribution in [0.1, 0.15) is 33.1 Å². The van der Waals surface area contributed by atoms with Crippen molar-refractivity contribution in [3.05, 3.63) is 12.7 Å². The second kappa shape index (κ2) is 5.67. The maximum Gasteiger partial charge on any atom is 0.238 e. The highest BCUT2D eigenvalue weighted by atomic mass is 32.2. The average Bonchev–Trinajstić information content (AvgIpc) is 2.14. The molecule has 0 aromatic heterocycles. The maximum atomic E-state index is 11.9. The Balaban J connectivity index is 2.61. The molecule has 3 atom stereocenters. The highest BCUT2D eigenvalue weighted by Crippen LogP contribution is 2.32. The fraction of sp³-hybridized carbons (Fsp3) is 0.750. The van der Waals surface area contributed by atoms with E-state index in [0.29, 0.717) is 11.8 Å². The van der Waals surface area contributed by atoms with Crippen LogP contribution in [0.3, 0.4) is 0 Å². The molecule has 5 heteroatoms. The third-order valence-corrected chi connectivity index (χ3v) is 4.33. The number of carbonyl (C=O) groups excluding carboxylic acids is 1. The van der Waals surface area contributed by atoms with Crippen LogP contribution < -0.4 is 4.72 Å². The van der Waals surface area contributed by atoms with Crippen LogP contribution >= 0.6 is 0 Å². The Kier molecular flexibility index (Phi) is 4.74. The first-order valence-corrected chi connectivity index (χ1v) is 7.64. The molecular formula is C12H21NO3S. The first-order valence-electron chi connectivity index (χ1n) is 5.99. The Hall–Kier alpha value is -0.840. The molecule has 4 nitrogen and oxygen atoms in total. The van der Waals surface area contributed by atoms with Crippen LogP contribution in [0.5, 0.6) is 0 Å². The predicted octanol–water partition coefficient (Wildman–Crippen LogP) is 1.69. The zero-order valence-electron chi connectivity index (χ0n) is 10.5. The molecule has 0 aliphatic heterocycles. The molecule has 0 aromatic carbocycles. The van der Waals surface area contributed by atoms with Gasteiger partial charge < -0.3 is 0 Å². The molecule has 0 heterocycles. The number of amides is 1. The van der Waals surface area contributed by atoms with Gasteiger partial charge in [0.2, 0.25) is 15.9 Å². The van der Waals surface area contributed by atoms with Gasteiger partial charge in [0.1, 0.15) is 0 Å². The van der Waals surface area contributed by atoms with Crippen molar-refractivity contribution in [1.82, 2.24) is 4.72 Å². The van der Waals surface area contributed by atoms with Gasteiger partial charge in [-0.15, -0.1) is 6.58 Å². The summed E-state index contributed by atoms with van der Waals surface area (Å²) in [6, 6.07) is 0. The molecule has 1 fully saturated rings. The summed E-state index contributed by atoms with van der Waals surface area (Å²) in [5.74, 6) is 0.225. The molecule has 1 N–H and O–H groups in total. The van der Waals surface area contributed by atoms with E-state index in [4.69, 9.17) is 0 Å². The second-order valence-electron chi connectivity index (χ2n) is 5.15. The van der Waals surface area contributed by atoms with E-state index in [1.54, 1.807) is 0 Å². The Bertz CT molecular complexity index is 379. The molecule has 1 amide bonds. The van der Waals surface area contributed by atoms with Gasteiger partial charge in [-0.1, -0.05) is 19.9 Å². The average molecular weight is 259 g/mol. The van der Waals surface area contributed by atoms with Gasteiger partial charge in [-0.05, 0) is 31.1 Å². The molecule has 0 aromatic rings. The van der Waals surface area contributed by atoms with E-state index in [2.05, 4.69) is 25.1 Å². The summed E-state index contributed by atoms with van der Waals surface area (Å²) >= 11 is 0. The molecule has 0 saturated heterocycles. The van der Waals surface area contributed by atoms with E-state index in [9.17, 15) is 13.2 Å². The van der Waals surface area contributed by atoms with Crippen LogP contribution in [0.25, 0.3) is 0 Å². The van der Waals surface area contributed by atoms with Crippen molar-refractivity contribution < 1.29 is 13.2 Å². The Labute approximate surface area is 104 Å². The molecule has 1 rings (SSSR count). The van der Waals surface area contributed by atoms with E-state index < -0.39 is 10.0 Å². The first-order chi connectivity index (χ1) is 7.84. The first kappa shape index (κ1) is 14.2. The van der Waals surface area contributed by atoms with Crippen molar-refractivity contribution in [1.29, 1.82) is 0 Å². The zero-order valence-corrected chi connectivity index (χ0v) is 11.3. The number of nitrogens with one attached hydrogen (secondary N) is 1. The van der Waals surface area contributed by atoms with Crippen molar-refractivity contribution in [2.45, 2.75) is 33.1 Å². The summed E-state index contributed by atoms with van der Waals surface area (Å²) in [5.41, 5.74) is 0. The predicted molar refractivity (Wildman–Crippen MR) is 67.8 cm³/mol. The van der Waals surface area contributed by atoms with Gasteiger partial charge >= 0.3 is 0 Å². The van der Waals surface area contributed by atoms with Crippen LogP contribution in [0.4, 0.5) is 0 Å². The molecule has 0 spiro atoms. The normalized spacial score (nSPS) is 29.6. The summed E-state index contributed by atoms with van der Waals surface area (Å²) in [5, 5.41) is 0. The highest BCUT2D eigenvalue weighted by Gasteiger charge is 2.30. The second-order valence-corrected chi connectivity index (χ2v) is 6.92. The minimum absolute atomic E-state index is 0.173.